The van der Waals surface area contributed by atoms with E-state index in [0.29, 0.717) is 5.70 Å². The van der Waals surface area contributed by atoms with Crippen LogP contribution in [0.15, 0.2) is 24.4 Å². The Morgan fingerprint density at radius 2 is 1.07 bits per heavy atom. The smallest absolute Gasteiger partial charge is 0.0304 e. The second-order valence-corrected chi connectivity index (χ2v) is 7.76. The molecule has 0 aromatic heterocycles. The first-order valence-corrected chi connectivity index (χ1v) is 12.0. The largest absolute Gasteiger partial charge is 0.291 e. The van der Waals surface area contributed by atoms with Crippen LogP contribution in [-0.2, 0) is 0 Å². The minimum absolute atomic E-state index is 0.712. The van der Waals surface area contributed by atoms with Crippen LogP contribution in [0.1, 0.15) is 136 Å². The molecular weight excluding hydrogens is 330 g/mol. The molecule has 27 heavy (non-hydrogen) atoms. The van der Waals surface area contributed by atoms with Crippen LogP contribution >= 0.6 is 0 Å². The SMILES string of the molecule is C=C(CCCCC)NO.CCC/C=C/CCCCCCCCCCCCC. The van der Waals surface area contributed by atoms with Crippen LogP contribution in [0.25, 0.3) is 0 Å². The number of hydrogen-bond donors (Lipinski definition) is 2. The van der Waals surface area contributed by atoms with Gasteiger partial charge in [0, 0.05) is 5.70 Å². The molecule has 162 valence electrons. The second-order valence-electron chi connectivity index (χ2n) is 7.76. The number of rotatable bonds is 19. The monoisotopic (exact) mass is 381 g/mol. The van der Waals surface area contributed by atoms with Gasteiger partial charge in [-0.15, -0.1) is 0 Å². The standard InChI is InChI=1S/C18H36.C7H15NO/c1-3-5-7-9-11-13-15-17-18-16-14-12-10-8-6-4-2;1-3-4-5-6-7(2)8-9/h7,9H,3-6,8,10-18H2,1-2H3;8-9H,2-6H2,1H3/b9-7+;. The lowest BCUT2D eigenvalue weighted by molar-refractivity contribution is 0.196. The van der Waals surface area contributed by atoms with E-state index in [0.717, 1.165) is 12.8 Å². The number of nitrogens with one attached hydrogen (secondary N) is 1. The zero-order chi connectivity index (χ0) is 20.4. The topological polar surface area (TPSA) is 32.3 Å². The summed E-state index contributed by atoms with van der Waals surface area (Å²) in [6, 6.07) is 0. The van der Waals surface area contributed by atoms with Crippen molar-refractivity contribution >= 4 is 0 Å². The first kappa shape index (κ1) is 28.4. The lowest BCUT2D eigenvalue weighted by atomic mass is 10.1. The van der Waals surface area contributed by atoms with Crippen molar-refractivity contribution in [1.82, 2.24) is 5.48 Å². The molecule has 0 aliphatic heterocycles. The van der Waals surface area contributed by atoms with E-state index in [1.54, 1.807) is 0 Å². The first-order chi connectivity index (χ1) is 13.2. The highest BCUT2D eigenvalue weighted by atomic mass is 16.5. The van der Waals surface area contributed by atoms with Crippen LogP contribution in [0.4, 0.5) is 0 Å². The van der Waals surface area contributed by atoms with E-state index < -0.39 is 0 Å². The second kappa shape index (κ2) is 27.5. The maximum Gasteiger partial charge on any atom is 0.0304 e. The molecule has 2 nitrogen and oxygen atoms in total. The third-order valence-electron chi connectivity index (χ3n) is 4.84. The summed E-state index contributed by atoms with van der Waals surface area (Å²) >= 11 is 0. The minimum atomic E-state index is 0.712. The normalized spacial score (nSPS) is 10.7. The third-order valence-corrected chi connectivity index (χ3v) is 4.84. The summed E-state index contributed by atoms with van der Waals surface area (Å²) in [5.74, 6) is 0. The summed E-state index contributed by atoms with van der Waals surface area (Å²) < 4.78 is 0. The van der Waals surface area contributed by atoms with Crippen LogP contribution in [0, 0.1) is 0 Å². The van der Waals surface area contributed by atoms with Crippen molar-refractivity contribution in [2.45, 2.75) is 136 Å². The average molecular weight is 382 g/mol. The first-order valence-electron chi connectivity index (χ1n) is 12.0. The molecule has 0 aromatic carbocycles. The zero-order valence-electron chi connectivity index (χ0n) is 19.0. The molecule has 0 fully saturated rings. The van der Waals surface area contributed by atoms with Crippen molar-refractivity contribution < 1.29 is 5.21 Å². The van der Waals surface area contributed by atoms with Gasteiger partial charge in [-0.05, 0) is 32.1 Å². The summed E-state index contributed by atoms with van der Waals surface area (Å²) in [5, 5.41) is 8.28. The van der Waals surface area contributed by atoms with Gasteiger partial charge in [-0.3, -0.25) is 10.7 Å². The van der Waals surface area contributed by atoms with E-state index >= 15 is 0 Å². The van der Waals surface area contributed by atoms with Gasteiger partial charge in [0.15, 0.2) is 0 Å². The van der Waals surface area contributed by atoms with Gasteiger partial charge in [-0.25, -0.2) is 0 Å². The number of hydrogen-bond acceptors (Lipinski definition) is 2. The Kier molecular flexibility index (Phi) is 28.9. The van der Waals surface area contributed by atoms with Gasteiger partial charge < -0.3 is 0 Å². The van der Waals surface area contributed by atoms with Crippen molar-refractivity contribution in [3.05, 3.63) is 24.4 Å². The molecule has 0 aromatic rings. The fourth-order valence-electron chi connectivity index (χ4n) is 2.97. The maximum atomic E-state index is 8.28. The van der Waals surface area contributed by atoms with Gasteiger partial charge in [0.05, 0.1) is 0 Å². The Morgan fingerprint density at radius 3 is 1.56 bits per heavy atom. The molecule has 0 spiro atoms. The average Bonchev–Trinajstić information content (AvgIpc) is 2.69. The summed E-state index contributed by atoms with van der Waals surface area (Å²) in [6.45, 7) is 10.3. The fraction of sp³-hybridized carbons (Fsp3) is 0.840. The fourth-order valence-corrected chi connectivity index (χ4v) is 2.97. The third kappa shape index (κ3) is 30.2. The predicted octanol–water partition coefficient (Wildman–Crippen LogP) is 9.10. The van der Waals surface area contributed by atoms with E-state index in [9.17, 15) is 0 Å². The van der Waals surface area contributed by atoms with E-state index in [4.69, 9.17) is 5.21 Å². The molecule has 0 aliphatic carbocycles. The Labute approximate surface area is 171 Å². The molecule has 0 rings (SSSR count). The summed E-state index contributed by atoms with van der Waals surface area (Å²) in [7, 11) is 0. The van der Waals surface area contributed by atoms with Crippen molar-refractivity contribution in [1.29, 1.82) is 0 Å². The lowest BCUT2D eigenvalue weighted by Gasteiger charge is -2.01. The quantitative estimate of drug-likeness (QED) is 0.133. The molecule has 0 saturated heterocycles. The van der Waals surface area contributed by atoms with Crippen molar-refractivity contribution in [2.75, 3.05) is 0 Å². The highest BCUT2D eigenvalue weighted by Crippen LogP contribution is 2.12. The molecule has 2 N–H and O–H groups in total. The van der Waals surface area contributed by atoms with Crippen molar-refractivity contribution in [2.24, 2.45) is 0 Å². The van der Waals surface area contributed by atoms with Gasteiger partial charge in [-0.2, -0.15) is 0 Å². The molecule has 2 heteroatoms. The summed E-state index contributed by atoms with van der Waals surface area (Å²) in [6.07, 6.45) is 28.9. The molecule has 0 saturated carbocycles. The van der Waals surface area contributed by atoms with E-state index in [1.165, 1.54) is 103 Å². The van der Waals surface area contributed by atoms with Gasteiger partial charge >= 0.3 is 0 Å². The molecule has 0 bridgehead atoms. The Hall–Kier alpha value is -0.760. The summed E-state index contributed by atoms with van der Waals surface area (Å²) in [4.78, 5) is 0. The van der Waals surface area contributed by atoms with Gasteiger partial charge in [0.1, 0.15) is 0 Å². The van der Waals surface area contributed by atoms with Gasteiger partial charge in [-0.1, -0.05) is 123 Å². The number of unbranched alkanes of at least 4 members (excludes halogenated alkanes) is 14. The molecule has 0 heterocycles. The highest BCUT2D eigenvalue weighted by Gasteiger charge is 1.92. The van der Waals surface area contributed by atoms with Crippen LogP contribution in [0.3, 0.4) is 0 Å². The molecule has 0 atom stereocenters. The molecule has 0 radical (unpaired) electrons. The molecular formula is C25H51NO. The van der Waals surface area contributed by atoms with Crippen LogP contribution < -0.4 is 5.48 Å². The lowest BCUT2D eigenvalue weighted by Crippen LogP contribution is -2.04. The van der Waals surface area contributed by atoms with E-state index in [2.05, 4.69) is 39.5 Å². The van der Waals surface area contributed by atoms with Crippen molar-refractivity contribution in [3.63, 3.8) is 0 Å². The Morgan fingerprint density at radius 1 is 0.630 bits per heavy atom. The number of hydroxylamine groups is 1. The molecule has 0 aliphatic rings. The van der Waals surface area contributed by atoms with Gasteiger partial charge in [0.25, 0.3) is 0 Å². The Bertz CT molecular complexity index is 299. The Balaban J connectivity index is 0. The van der Waals surface area contributed by atoms with Crippen LogP contribution in [0.5, 0.6) is 0 Å². The van der Waals surface area contributed by atoms with Crippen LogP contribution in [-0.4, -0.2) is 5.21 Å². The highest BCUT2D eigenvalue weighted by molar-refractivity contribution is 4.86. The molecule has 0 amide bonds. The van der Waals surface area contributed by atoms with E-state index in [1.807, 2.05) is 5.48 Å². The van der Waals surface area contributed by atoms with E-state index in [-0.39, 0.29) is 0 Å². The zero-order valence-corrected chi connectivity index (χ0v) is 19.0. The van der Waals surface area contributed by atoms with Crippen LogP contribution in [0.2, 0.25) is 0 Å². The minimum Gasteiger partial charge on any atom is -0.291 e. The number of allylic oxidation sites excluding steroid dienone is 3. The van der Waals surface area contributed by atoms with Gasteiger partial charge in [0.2, 0.25) is 0 Å². The molecule has 0 unspecified atom stereocenters. The summed E-state index contributed by atoms with van der Waals surface area (Å²) in [5.41, 5.74) is 2.74. The predicted molar refractivity (Wildman–Crippen MR) is 123 cm³/mol. The maximum absolute atomic E-state index is 8.28. The van der Waals surface area contributed by atoms with Crippen molar-refractivity contribution in [3.8, 4) is 0 Å².